The van der Waals surface area contributed by atoms with Crippen LogP contribution in [0.1, 0.15) is 47.2 Å². The molecule has 2 unspecified atom stereocenters. The van der Waals surface area contributed by atoms with Gasteiger partial charge in [0.05, 0.1) is 17.3 Å². The van der Waals surface area contributed by atoms with Gasteiger partial charge in [-0.05, 0) is 44.8 Å². The average molecular weight is 456 g/mol. The van der Waals surface area contributed by atoms with Crippen LogP contribution in [0.25, 0.3) is 5.69 Å². The van der Waals surface area contributed by atoms with Crippen molar-refractivity contribution in [1.29, 1.82) is 0 Å². The molecule has 0 saturated heterocycles. The van der Waals surface area contributed by atoms with Gasteiger partial charge in [0.2, 0.25) is 0 Å². The SMILES string of the molecule is CC1N=C(c2ccccc2)c2cc(Cl)ccc2-n2c1nnc2C(CN(C)C)c1ccccc1. The van der Waals surface area contributed by atoms with Crippen molar-refractivity contribution in [3.63, 3.8) is 0 Å². The van der Waals surface area contributed by atoms with Crippen molar-refractivity contribution in [3.05, 3.63) is 112 Å². The lowest BCUT2D eigenvalue weighted by molar-refractivity contribution is 0.384. The Labute approximate surface area is 199 Å². The Hall–Kier alpha value is -3.28. The highest BCUT2D eigenvalue weighted by Crippen LogP contribution is 2.35. The number of hydrogen-bond donors (Lipinski definition) is 0. The van der Waals surface area contributed by atoms with Crippen molar-refractivity contribution in [2.24, 2.45) is 4.99 Å². The molecular weight excluding hydrogens is 430 g/mol. The number of fused-ring (bicyclic) bond motifs is 3. The minimum absolute atomic E-state index is 0.0523. The van der Waals surface area contributed by atoms with Crippen LogP contribution in [0, 0.1) is 0 Å². The highest BCUT2D eigenvalue weighted by atomic mass is 35.5. The third kappa shape index (κ3) is 4.10. The first-order valence-corrected chi connectivity index (χ1v) is 11.5. The Morgan fingerprint density at radius 3 is 2.33 bits per heavy atom. The second-order valence-electron chi connectivity index (χ2n) is 8.66. The number of aromatic nitrogens is 3. The van der Waals surface area contributed by atoms with Gasteiger partial charge < -0.3 is 4.90 Å². The Bertz CT molecular complexity index is 1290. The maximum absolute atomic E-state index is 6.49. The highest BCUT2D eigenvalue weighted by Gasteiger charge is 2.30. The Balaban J connectivity index is 1.75. The van der Waals surface area contributed by atoms with E-state index in [9.17, 15) is 0 Å². The fourth-order valence-corrected chi connectivity index (χ4v) is 4.65. The number of nitrogens with zero attached hydrogens (tertiary/aromatic N) is 5. The molecule has 5 rings (SSSR count). The molecule has 1 aromatic heterocycles. The summed E-state index contributed by atoms with van der Waals surface area (Å²) in [7, 11) is 4.17. The normalized spacial score (nSPS) is 16.0. The molecular formula is C27H26ClN5. The van der Waals surface area contributed by atoms with Gasteiger partial charge in [-0.25, -0.2) is 0 Å². The van der Waals surface area contributed by atoms with Crippen LogP contribution < -0.4 is 0 Å². The van der Waals surface area contributed by atoms with Crippen LogP contribution in [0.3, 0.4) is 0 Å². The molecule has 3 aromatic carbocycles. The summed E-state index contributed by atoms with van der Waals surface area (Å²) in [6.45, 7) is 2.88. The van der Waals surface area contributed by atoms with Gasteiger partial charge in [-0.15, -0.1) is 10.2 Å². The summed E-state index contributed by atoms with van der Waals surface area (Å²) in [5.74, 6) is 1.79. The van der Waals surface area contributed by atoms with Gasteiger partial charge in [0.1, 0.15) is 11.9 Å². The van der Waals surface area contributed by atoms with Gasteiger partial charge in [-0.3, -0.25) is 9.56 Å². The first kappa shape index (κ1) is 21.6. The van der Waals surface area contributed by atoms with E-state index in [1.807, 2.05) is 36.4 Å². The maximum Gasteiger partial charge on any atom is 0.162 e. The summed E-state index contributed by atoms with van der Waals surface area (Å²) in [5.41, 5.74) is 5.16. The molecule has 2 atom stereocenters. The van der Waals surface area contributed by atoms with Crippen molar-refractivity contribution in [1.82, 2.24) is 19.7 Å². The molecule has 0 fully saturated rings. The number of aliphatic imine (C=N–C) groups is 1. The Morgan fingerprint density at radius 1 is 0.939 bits per heavy atom. The minimum atomic E-state index is -0.164. The van der Waals surface area contributed by atoms with Crippen LogP contribution in [0.15, 0.2) is 83.9 Å². The summed E-state index contributed by atoms with van der Waals surface area (Å²) in [4.78, 5) is 7.29. The number of rotatable bonds is 5. The zero-order chi connectivity index (χ0) is 22.9. The quantitative estimate of drug-likeness (QED) is 0.397. The van der Waals surface area contributed by atoms with E-state index in [0.29, 0.717) is 5.02 Å². The number of halogens is 1. The van der Waals surface area contributed by atoms with Gasteiger partial charge in [-0.1, -0.05) is 72.3 Å². The molecule has 0 N–H and O–H groups in total. The average Bonchev–Trinajstić information content (AvgIpc) is 3.22. The summed E-state index contributed by atoms with van der Waals surface area (Å²) < 4.78 is 2.19. The molecule has 4 aromatic rings. The molecule has 6 heteroatoms. The van der Waals surface area contributed by atoms with Crippen molar-refractivity contribution in [2.45, 2.75) is 18.9 Å². The molecule has 0 bridgehead atoms. The smallest absolute Gasteiger partial charge is 0.162 e. The summed E-state index contributed by atoms with van der Waals surface area (Å²) in [6.07, 6.45) is 0. The predicted octanol–water partition coefficient (Wildman–Crippen LogP) is 5.53. The van der Waals surface area contributed by atoms with E-state index in [0.717, 1.165) is 40.7 Å². The standard InChI is InChI=1S/C27H26ClN5/c1-18-26-30-31-27(23(17-32(2)3)19-10-6-4-7-11-19)33(26)24-15-14-21(28)16-22(24)25(29-18)20-12-8-5-9-13-20/h4-16,18,23H,17H2,1-3H3. The van der Waals surface area contributed by atoms with Crippen molar-refractivity contribution >= 4 is 17.3 Å². The molecule has 1 aliphatic heterocycles. The van der Waals surface area contributed by atoms with E-state index in [2.05, 4.69) is 78.0 Å². The van der Waals surface area contributed by atoms with E-state index >= 15 is 0 Å². The Kier molecular flexibility index (Phi) is 5.83. The molecule has 0 amide bonds. The van der Waals surface area contributed by atoms with Crippen LogP contribution >= 0.6 is 11.6 Å². The molecule has 166 valence electrons. The number of likely N-dealkylation sites (N-methyl/N-ethyl adjacent to an activating group) is 1. The lowest BCUT2D eigenvalue weighted by atomic mass is 9.96. The van der Waals surface area contributed by atoms with Crippen LogP contribution in [0.5, 0.6) is 0 Å². The van der Waals surface area contributed by atoms with Crippen molar-refractivity contribution < 1.29 is 0 Å². The lowest BCUT2D eigenvalue weighted by Crippen LogP contribution is -2.24. The zero-order valence-electron chi connectivity index (χ0n) is 19.0. The van der Waals surface area contributed by atoms with Crippen LogP contribution in [-0.4, -0.2) is 46.0 Å². The molecule has 0 spiro atoms. The first-order chi connectivity index (χ1) is 16.0. The number of benzene rings is 3. The van der Waals surface area contributed by atoms with Crippen molar-refractivity contribution in [3.8, 4) is 5.69 Å². The van der Waals surface area contributed by atoms with E-state index in [-0.39, 0.29) is 12.0 Å². The van der Waals surface area contributed by atoms with Crippen molar-refractivity contribution in [2.75, 3.05) is 20.6 Å². The van der Waals surface area contributed by atoms with Crippen LogP contribution in [0.2, 0.25) is 5.02 Å². The molecule has 0 radical (unpaired) electrons. The van der Waals surface area contributed by atoms with Crippen LogP contribution in [-0.2, 0) is 0 Å². The fourth-order valence-electron chi connectivity index (χ4n) is 4.48. The summed E-state index contributed by atoms with van der Waals surface area (Å²) in [6, 6.07) is 26.6. The topological polar surface area (TPSA) is 46.3 Å². The maximum atomic E-state index is 6.49. The molecule has 0 saturated carbocycles. The first-order valence-electron chi connectivity index (χ1n) is 11.1. The van der Waals surface area contributed by atoms with Gasteiger partial charge in [0.25, 0.3) is 0 Å². The molecule has 33 heavy (non-hydrogen) atoms. The lowest BCUT2D eigenvalue weighted by Gasteiger charge is -2.23. The highest BCUT2D eigenvalue weighted by molar-refractivity contribution is 6.31. The van der Waals surface area contributed by atoms with E-state index in [1.54, 1.807) is 0 Å². The zero-order valence-corrected chi connectivity index (χ0v) is 19.7. The predicted molar refractivity (Wildman–Crippen MR) is 134 cm³/mol. The monoisotopic (exact) mass is 455 g/mol. The third-order valence-corrected chi connectivity index (χ3v) is 6.21. The van der Waals surface area contributed by atoms with Crippen LogP contribution in [0.4, 0.5) is 0 Å². The Morgan fingerprint density at radius 2 is 1.64 bits per heavy atom. The van der Waals surface area contributed by atoms with Gasteiger partial charge >= 0.3 is 0 Å². The fraction of sp³-hybridized carbons (Fsp3) is 0.222. The van der Waals surface area contributed by atoms with E-state index < -0.39 is 0 Å². The van der Waals surface area contributed by atoms with E-state index in [4.69, 9.17) is 21.7 Å². The summed E-state index contributed by atoms with van der Waals surface area (Å²) >= 11 is 6.49. The second kappa shape index (κ2) is 8.93. The van der Waals surface area contributed by atoms with Gasteiger partial charge in [-0.2, -0.15) is 0 Å². The molecule has 1 aliphatic rings. The molecule has 2 heterocycles. The van der Waals surface area contributed by atoms with E-state index in [1.165, 1.54) is 5.56 Å². The summed E-state index contributed by atoms with van der Waals surface area (Å²) in [5, 5.41) is 10.1. The molecule has 5 nitrogen and oxygen atoms in total. The molecule has 0 aliphatic carbocycles. The second-order valence-corrected chi connectivity index (χ2v) is 9.09. The minimum Gasteiger partial charge on any atom is -0.308 e. The third-order valence-electron chi connectivity index (χ3n) is 5.97. The number of hydrogen-bond acceptors (Lipinski definition) is 4. The largest absolute Gasteiger partial charge is 0.308 e. The van der Waals surface area contributed by atoms with Gasteiger partial charge in [0.15, 0.2) is 5.82 Å². The van der Waals surface area contributed by atoms with Gasteiger partial charge in [0, 0.05) is 22.7 Å².